The highest BCUT2D eigenvalue weighted by Crippen LogP contribution is 2.43. The molecule has 0 aliphatic carbocycles. The summed E-state index contributed by atoms with van der Waals surface area (Å²) in [6.07, 6.45) is 39.9. The van der Waals surface area contributed by atoms with Gasteiger partial charge in [0, 0.05) is 12.8 Å². The summed E-state index contributed by atoms with van der Waals surface area (Å²) in [5.74, 6) is -0.987. The number of nitrogens with zero attached hydrogens (tertiary/aromatic N) is 1. The molecule has 2 N–H and O–H groups in total. The maximum atomic E-state index is 12.6. The van der Waals surface area contributed by atoms with Crippen LogP contribution in [0.15, 0.2) is 72.9 Å². The third-order valence-electron chi connectivity index (χ3n) is 8.34. The molecule has 0 spiro atoms. The van der Waals surface area contributed by atoms with Gasteiger partial charge in [0.1, 0.15) is 19.8 Å². The lowest BCUT2D eigenvalue weighted by molar-refractivity contribution is -0.870. The van der Waals surface area contributed by atoms with Crippen molar-refractivity contribution in [2.45, 2.75) is 148 Å². The van der Waals surface area contributed by atoms with Crippen LogP contribution in [0.25, 0.3) is 0 Å². The van der Waals surface area contributed by atoms with Crippen LogP contribution in [0.4, 0.5) is 0 Å². The van der Waals surface area contributed by atoms with Crippen molar-refractivity contribution >= 4 is 19.8 Å². The van der Waals surface area contributed by atoms with E-state index in [0.717, 1.165) is 44.9 Å². The highest BCUT2D eigenvalue weighted by atomic mass is 31.2. The van der Waals surface area contributed by atoms with Crippen molar-refractivity contribution in [3.8, 4) is 0 Å². The van der Waals surface area contributed by atoms with E-state index in [1.165, 1.54) is 44.9 Å². The second kappa shape index (κ2) is 35.8. The Balaban J connectivity index is 4.64. The van der Waals surface area contributed by atoms with Gasteiger partial charge in [-0.2, -0.15) is 0 Å². The summed E-state index contributed by atoms with van der Waals surface area (Å²) < 4.78 is 34.0. The highest BCUT2D eigenvalue weighted by Gasteiger charge is 2.27. The lowest BCUT2D eigenvalue weighted by Crippen LogP contribution is -2.37. The molecule has 0 bridgehead atoms. The van der Waals surface area contributed by atoms with Crippen LogP contribution in [0.3, 0.4) is 0 Å². The summed E-state index contributed by atoms with van der Waals surface area (Å²) >= 11 is 0. The molecule has 0 rings (SSSR count). The van der Waals surface area contributed by atoms with Gasteiger partial charge < -0.3 is 24.0 Å². The van der Waals surface area contributed by atoms with Gasteiger partial charge in [0.25, 0.3) is 0 Å². The number of rotatable bonds is 36. The molecule has 316 valence electrons. The first kappa shape index (κ1) is 52.4. The number of allylic oxidation sites excluding steroid dienone is 10. The molecule has 11 heteroatoms. The molecule has 0 aliphatic rings. The normalized spacial score (nSPS) is 15.0. The molecule has 55 heavy (non-hydrogen) atoms. The zero-order valence-electron chi connectivity index (χ0n) is 35.0. The van der Waals surface area contributed by atoms with Crippen molar-refractivity contribution in [1.82, 2.24) is 0 Å². The van der Waals surface area contributed by atoms with Gasteiger partial charge >= 0.3 is 19.8 Å². The molecule has 0 saturated carbocycles. The molecular weight excluding hydrogens is 717 g/mol. The van der Waals surface area contributed by atoms with E-state index in [1.807, 2.05) is 39.4 Å². The van der Waals surface area contributed by atoms with E-state index in [-0.39, 0.29) is 26.1 Å². The molecule has 0 amide bonds. The van der Waals surface area contributed by atoms with Crippen molar-refractivity contribution in [2.75, 3.05) is 47.5 Å². The number of esters is 2. The van der Waals surface area contributed by atoms with Crippen LogP contribution in [0, 0.1) is 0 Å². The molecule has 0 aromatic carbocycles. The summed E-state index contributed by atoms with van der Waals surface area (Å²) in [6, 6.07) is 0. The third-order valence-corrected chi connectivity index (χ3v) is 9.33. The first-order valence-electron chi connectivity index (χ1n) is 20.8. The van der Waals surface area contributed by atoms with Crippen molar-refractivity contribution < 1.29 is 47.2 Å². The summed E-state index contributed by atoms with van der Waals surface area (Å²) in [4.78, 5) is 35.2. The average Bonchev–Trinajstić information content (AvgIpc) is 3.12. The Morgan fingerprint density at radius 3 is 1.85 bits per heavy atom. The van der Waals surface area contributed by atoms with E-state index in [1.54, 1.807) is 18.2 Å². The van der Waals surface area contributed by atoms with Crippen molar-refractivity contribution in [3.63, 3.8) is 0 Å². The van der Waals surface area contributed by atoms with Gasteiger partial charge in [-0.05, 0) is 44.9 Å². The number of hydrogen-bond acceptors (Lipinski definition) is 8. The first-order valence-corrected chi connectivity index (χ1v) is 22.3. The van der Waals surface area contributed by atoms with Gasteiger partial charge in [0.05, 0.1) is 33.9 Å². The van der Waals surface area contributed by atoms with E-state index in [9.17, 15) is 24.2 Å². The van der Waals surface area contributed by atoms with Gasteiger partial charge in [-0.1, -0.05) is 151 Å². The van der Waals surface area contributed by atoms with Crippen molar-refractivity contribution in [2.24, 2.45) is 0 Å². The second-order valence-electron chi connectivity index (χ2n) is 14.8. The molecule has 0 aliphatic heterocycles. The van der Waals surface area contributed by atoms with E-state index in [4.69, 9.17) is 18.5 Å². The molecule has 0 saturated heterocycles. The summed E-state index contributed by atoms with van der Waals surface area (Å²) in [5, 5.41) is 10.2. The number of unbranched alkanes of at least 4 members (excludes halogenated alkanes) is 10. The van der Waals surface area contributed by atoms with E-state index in [2.05, 4.69) is 50.3 Å². The Hall–Kier alpha value is -2.59. The molecule has 3 atom stereocenters. The molecule has 0 aromatic rings. The van der Waals surface area contributed by atoms with Gasteiger partial charge in [-0.25, -0.2) is 4.57 Å². The lowest BCUT2D eigenvalue weighted by atomic mass is 10.1. The molecule has 3 unspecified atom stereocenters. The maximum absolute atomic E-state index is 12.6. The minimum Gasteiger partial charge on any atom is -0.462 e. The number of quaternary nitrogens is 1. The van der Waals surface area contributed by atoms with Crippen LogP contribution in [-0.2, 0) is 32.7 Å². The Kier molecular flexibility index (Phi) is 34.1. The molecule has 0 fully saturated rings. The van der Waals surface area contributed by atoms with E-state index < -0.39 is 38.6 Å². The predicted molar refractivity (Wildman–Crippen MR) is 225 cm³/mol. The third kappa shape index (κ3) is 39.4. The minimum atomic E-state index is -4.42. The highest BCUT2D eigenvalue weighted by molar-refractivity contribution is 7.47. The fourth-order valence-electron chi connectivity index (χ4n) is 5.06. The zero-order chi connectivity index (χ0) is 40.9. The predicted octanol–water partition coefficient (Wildman–Crippen LogP) is 10.4. The molecule has 10 nitrogen and oxygen atoms in total. The minimum absolute atomic E-state index is 0.00304. The zero-order valence-corrected chi connectivity index (χ0v) is 35.9. The van der Waals surface area contributed by atoms with Crippen LogP contribution >= 0.6 is 7.82 Å². The Labute approximate surface area is 334 Å². The van der Waals surface area contributed by atoms with Gasteiger partial charge in [0.15, 0.2) is 6.10 Å². The van der Waals surface area contributed by atoms with Crippen LogP contribution in [0.2, 0.25) is 0 Å². The van der Waals surface area contributed by atoms with Crippen molar-refractivity contribution in [1.29, 1.82) is 0 Å². The number of carbonyl (C=O) groups is 2. The van der Waals surface area contributed by atoms with E-state index in [0.29, 0.717) is 30.3 Å². The summed E-state index contributed by atoms with van der Waals surface area (Å²) in [5.41, 5.74) is 0. The molecule has 0 heterocycles. The lowest BCUT2D eigenvalue weighted by Gasteiger charge is -2.24. The van der Waals surface area contributed by atoms with Gasteiger partial charge in [-0.15, -0.1) is 0 Å². The van der Waals surface area contributed by atoms with Crippen LogP contribution < -0.4 is 0 Å². The Morgan fingerprint density at radius 1 is 0.673 bits per heavy atom. The summed E-state index contributed by atoms with van der Waals surface area (Å²) in [6.45, 7) is 4.06. The Morgan fingerprint density at radius 2 is 1.25 bits per heavy atom. The number of hydrogen-bond donors (Lipinski definition) is 2. The smallest absolute Gasteiger partial charge is 0.462 e. The quantitative estimate of drug-likeness (QED) is 0.0159. The number of ether oxygens (including phenoxy) is 2. The van der Waals surface area contributed by atoms with Gasteiger partial charge in [-0.3, -0.25) is 18.6 Å². The average molecular weight is 795 g/mol. The number of phosphoric ester groups is 1. The largest absolute Gasteiger partial charge is 0.472 e. The molecule has 0 radical (unpaired) electrons. The standard InChI is InChI=1S/C44H76NO9P/c1-6-8-10-12-14-16-18-19-21-22-24-26-29-33-41(46)34-30-28-32-36-44(48)54-42(40-53-55(49,50)52-38-37-45(3,4)5)39-51-43(47)35-31-27-25-23-20-17-15-13-11-9-7-2/h8,10,14,16,19,21,24,26,28-30,33,41-42,46H,6-7,9,11-13,15,17-18,20,22-23,25,27,31-32,34-40H2,1-5H3/p+1/b10-8-,16-14-,21-19-,26-24-,30-28-,33-29+. The van der Waals surface area contributed by atoms with Gasteiger partial charge in [0.2, 0.25) is 0 Å². The monoisotopic (exact) mass is 795 g/mol. The fourth-order valence-corrected chi connectivity index (χ4v) is 5.81. The fraction of sp³-hybridized carbons (Fsp3) is 0.682. The number of aliphatic hydroxyl groups excluding tert-OH is 1. The Bertz CT molecular complexity index is 1190. The number of phosphoric acid groups is 1. The number of likely N-dealkylation sites (N-methyl/N-ethyl adjacent to an activating group) is 1. The SMILES string of the molecule is CC/C=C\C/C=C\C/C=C\C/C=C\C=C\C(O)C/C=C\CCC(=O)OC(COC(=O)CCCCCCCCCCCCC)COP(=O)(O)OCC[N+](C)(C)C. The summed E-state index contributed by atoms with van der Waals surface area (Å²) in [7, 11) is 1.36. The van der Waals surface area contributed by atoms with Crippen molar-refractivity contribution in [3.05, 3.63) is 72.9 Å². The van der Waals surface area contributed by atoms with E-state index >= 15 is 0 Å². The van der Waals surface area contributed by atoms with Crippen LogP contribution in [-0.4, -0.2) is 86.1 Å². The number of carbonyl (C=O) groups excluding carboxylic acids is 2. The number of aliphatic hydroxyl groups is 1. The topological polar surface area (TPSA) is 129 Å². The first-order chi connectivity index (χ1) is 26.4. The second-order valence-corrected chi connectivity index (χ2v) is 16.3. The van der Waals surface area contributed by atoms with Crippen LogP contribution in [0.1, 0.15) is 136 Å². The van der Waals surface area contributed by atoms with Crippen LogP contribution in [0.5, 0.6) is 0 Å². The molecule has 0 aromatic heterocycles. The maximum Gasteiger partial charge on any atom is 0.472 e. The molecular formula is C44H77NO9P+.